The van der Waals surface area contributed by atoms with Crippen molar-refractivity contribution in [2.24, 2.45) is 0 Å². The summed E-state index contributed by atoms with van der Waals surface area (Å²) in [6.45, 7) is 2.14. The van der Waals surface area contributed by atoms with E-state index in [9.17, 15) is 0 Å². The van der Waals surface area contributed by atoms with Crippen molar-refractivity contribution < 1.29 is 0 Å². The molecule has 6 rings (SSSR count). The zero-order chi connectivity index (χ0) is 21.5. The van der Waals surface area contributed by atoms with Gasteiger partial charge in [0.25, 0.3) is 0 Å². The highest BCUT2D eigenvalue weighted by atomic mass is 15.1. The molecule has 0 atom stereocenters. The van der Waals surface area contributed by atoms with Crippen LogP contribution in [0.4, 0.5) is 0 Å². The first-order chi connectivity index (χ1) is 15.8. The number of imidazole rings is 1. The molecule has 0 radical (unpaired) electrons. The Morgan fingerprint density at radius 1 is 0.625 bits per heavy atom. The molecule has 0 saturated carbocycles. The first kappa shape index (κ1) is 18.5. The molecule has 2 heterocycles. The fourth-order valence-corrected chi connectivity index (χ4v) is 4.39. The van der Waals surface area contributed by atoms with Gasteiger partial charge in [-0.1, -0.05) is 48.5 Å². The second-order valence-electron chi connectivity index (χ2n) is 8.09. The maximum absolute atomic E-state index is 5.04. The minimum absolute atomic E-state index is 0.949. The van der Waals surface area contributed by atoms with Crippen molar-refractivity contribution in [3.63, 3.8) is 0 Å². The molecule has 0 fully saturated rings. The molecule has 0 spiro atoms. The van der Waals surface area contributed by atoms with E-state index in [1.54, 1.807) is 0 Å². The molecule has 0 amide bonds. The summed E-state index contributed by atoms with van der Waals surface area (Å²) in [5.74, 6) is 0.949. The minimum atomic E-state index is 0.949. The predicted octanol–water partition coefficient (Wildman–Crippen LogP) is 7.22. The van der Waals surface area contributed by atoms with Gasteiger partial charge in [0, 0.05) is 22.8 Å². The second-order valence-corrected chi connectivity index (χ2v) is 8.09. The van der Waals surface area contributed by atoms with Crippen molar-refractivity contribution >= 4 is 21.9 Å². The molecule has 3 heteroatoms. The molecule has 4 aromatic carbocycles. The highest BCUT2D eigenvalue weighted by molar-refractivity contribution is 5.87. The van der Waals surface area contributed by atoms with E-state index in [0.717, 1.165) is 39.0 Å². The van der Waals surface area contributed by atoms with Gasteiger partial charge in [0.2, 0.25) is 0 Å². The number of aryl methyl sites for hydroxylation is 1. The Morgan fingerprint density at radius 3 is 2.34 bits per heavy atom. The van der Waals surface area contributed by atoms with Crippen molar-refractivity contribution in [3.8, 4) is 28.2 Å². The Balaban J connectivity index is 1.57. The molecule has 6 aromatic rings. The summed E-state index contributed by atoms with van der Waals surface area (Å²) < 4.78 is 2.25. The van der Waals surface area contributed by atoms with Crippen LogP contribution in [0, 0.1) is 6.92 Å². The Labute approximate surface area is 186 Å². The quantitative estimate of drug-likeness (QED) is 0.308. The third-order valence-corrected chi connectivity index (χ3v) is 5.85. The van der Waals surface area contributed by atoms with E-state index in [4.69, 9.17) is 4.98 Å². The maximum atomic E-state index is 5.04. The molecule has 2 aromatic heterocycles. The largest absolute Gasteiger partial charge is 0.292 e. The predicted molar refractivity (Wildman–Crippen MR) is 132 cm³/mol. The third-order valence-electron chi connectivity index (χ3n) is 5.85. The molecule has 0 N–H and O–H groups in total. The smallest absolute Gasteiger partial charge is 0.145 e. The lowest BCUT2D eigenvalue weighted by molar-refractivity contribution is 1.10. The summed E-state index contributed by atoms with van der Waals surface area (Å²) in [7, 11) is 0. The fraction of sp³-hybridized carbons (Fsp3) is 0.0345. The molecule has 32 heavy (non-hydrogen) atoms. The van der Waals surface area contributed by atoms with Crippen LogP contribution < -0.4 is 0 Å². The van der Waals surface area contributed by atoms with Crippen LogP contribution >= 0.6 is 0 Å². The van der Waals surface area contributed by atoms with Gasteiger partial charge < -0.3 is 0 Å². The number of aromatic nitrogens is 3. The molecule has 3 nitrogen and oxygen atoms in total. The van der Waals surface area contributed by atoms with Gasteiger partial charge in [-0.25, -0.2) is 4.98 Å². The number of rotatable bonds is 3. The number of nitrogens with zero attached hydrogens (tertiary/aromatic N) is 3. The van der Waals surface area contributed by atoms with Gasteiger partial charge in [-0.15, -0.1) is 0 Å². The summed E-state index contributed by atoms with van der Waals surface area (Å²) in [6, 6.07) is 36.0. The summed E-state index contributed by atoms with van der Waals surface area (Å²) in [5.41, 5.74) is 8.88. The summed E-state index contributed by atoms with van der Waals surface area (Å²) in [6.07, 6.45) is 1.83. The molecule has 0 bridgehead atoms. The highest BCUT2D eigenvalue weighted by Gasteiger charge is 2.15. The number of hydrogen-bond acceptors (Lipinski definition) is 2. The van der Waals surface area contributed by atoms with E-state index < -0.39 is 0 Å². The lowest BCUT2D eigenvalue weighted by Crippen LogP contribution is -1.98. The average molecular weight is 412 g/mol. The SMILES string of the molecule is Cc1cc(-c2ccc3ncccc3c2)cc(-c2nc3ccccc3n2-c2ccccc2)c1. The van der Waals surface area contributed by atoms with Crippen LogP contribution in [0.5, 0.6) is 0 Å². The summed E-state index contributed by atoms with van der Waals surface area (Å²) in [4.78, 5) is 9.49. The van der Waals surface area contributed by atoms with Crippen molar-refractivity contribution in [3.05, 3.63) is 115 Å². The third kappa shape index (κ3) is 3.15. The monoisotopic (exact) mass is 411 g/mol. The lowest BCUT2D eigenvalue weighted by atomic mass is 9.98. The van der Waals surface area contributed by atoms with Gasteiger partial charge >= 0.3 is 0 Å². The second kappa shape index (κ2) is 7.47. The molecule has 0 unspecified atom stereocenters. The van der Waals surface area contributed by atoms with E-state index in [1.807, 2.05) is 24.4 Å². The van der Waals surface area contributed by atoms with Crippen molar-refractivity contribution in [2.45, 2.75) is 6.92 Å². The topological polar surface area (TPSA) is 30.7 Å². The minimum Gasteiger partial charge on any atom is -0.292 e. The molecule has 152 valence electrons. The van der Waals surface area contributed by atoms with Crippen LogP contribution in [-0.4, -0.2) is 14.5 Å². The Hall–Kier alpha value is -4.24. The van der Waals surface area contributed by atoms with Crippen LogP contribution in [0.15, 0.2) is 109 Å². The van der Waals surface area contributed by atoms with Crippen LogP contribution in [0.2, 0.25) is 0 Å². The molecule has 0 aliphatic heterocycles. The maximum Gasteiger partial charge on any atom is 0.145 e. The van der Waals surface area contributed by atoms with Crippen LogP contribution in [-0.2, 0) is 0 Å². The standard InChI is InChI=1S/C29H21N3/c1-20-16-23(21-13-14-26-22(18-21)8-7-15-30-26)19-24(17-20)29-31-27-11-5-6-12-28(27)32(29)25-9-3-2-4-10-25/h2-19H,1H3. The summed E-state index contributed by atoms with van der Waals surface area (Å²) in [5, 5.41) is 1.14. The van der Waals surface area contributed by atoms with E-state index in [-0.39, 0.29) is 0 Å². The van der Waals surface area contributed by atoms with Gasteiger partial charge in [-0.3, -0.25) is 9.55 Å². The van der Waals surface area contributed by atoms with E-state index >= 15 is 0 Å². The Bertz CT molecular complexity index is 1580. The number of benzene rings is 4. The number of pyridine rings is 1. The first-order valence-electron chi connectivity index (χ1n) is 10.8. The van der Waals surface area contributed by atoms with Crippen LogP contribution in [0.3, 0.4) is 0 Å². The van der Waals surface area contributed by atoms with Crippen LogP contribution in [0.1, 0.15) is 5.56 Å². The lowest BCUT2D eigenvalue weighted by Gasteiger charge is -2.12. The van der Waals surface area contributed by atoms with Gasteiger partial charge in [-0.2, -0.15) is 0 Å². The molecule has 0 saturated heterocycles. The van der Waals surface area contributed by atoms with Gasteiger partial charge in [-0.05, 0) is 78.2 Å². The van der Waals surface area contributed by atoms with Crippen molar-refractivity contribution in [1.82, 2.24) is 14.5 Å². The average Bonchev–Trinajstić information content (AvgIpc) is 3.24. The van der Waals surface area contributed by atoms with Crippen molar-refractivity contribution in [1.29, 1.82) is 0 Å². The Kier molecular flexibility index (Phi) is 4.32. The Morgan fingerprint density at radius 2 is 1.44 bits per heavy atom. The molecule has 0 aliphatic carbocycles. The van der Waals surface area contributed by atoms with Gasteiger partial charge in [0.15, 0.2) is 0 Å². The van der Waals surface area contributed by atoms with Gasteiger partial charge in [0.05, 0.1) is 16.6 Å². The molecular formula is C29H21N3. The van der Waals surface area contributed by atoms with E-state index in [1.165, 1.54) is 16.7 Å². The van der Waals surface area contributed by atoms with Crippen molar-refractivity contribution in [2.75, 3.05) is 0 Å². The van der Waals surface area contributed by atoms with E-state index in [2.05, 4.69) is 101 Å². The normalized spacial score (nSPS) is 11.3. The van der Waals surface area contributed by atoms with E-state index in [0.29, 0.717) is 0 Å². The van der Waals surface area contributed by atoms with Gasteiger partial charge in [0.1, 0.15) is 5.82 Å². The number of para-hydroxylation sites is 3. The number of fused-ring (bicyclic) bond motifs is 2. The zero-order valence-corrected chi connectivity index (χ0v) is 17.7. The van der Waals surface area contributed by atoms with Crippen LogP contribution in [0.25, 0.3) is 50.1 Å². The molecule has 0 aliphatic rings. The fourth-order valence-electron chi connectivity index (χ4n) is 4.39. The first-order valence-corrected chi connectivity index (χ1v) is 10.8. The molecular weight excluding hydrogens is 390 g/mol. The summed E-state index contributed by atoms with van der Waals surface area (Å²) >= 11 is 0. The highest BCUT2D eigenvalue weighted by Crippen LogP contribution is 2.33. The zero-order valence-electron chi connectivity index (χ0n) is 17.7. The number of hydrogen-bond donors (Lipinski definition) is 0.